The molecule has 2 aliphatic rings. The third-order valence-corrected chi connectivity index (χ3v) is 6.70. The van der Waals surface area contributed by atoms with E-state index in [4.69, 9.17) is 9.47 Å². The molecule has 1 atom stereocenters. The molecule has 2 saturated heterocycles. The van der Waals surface area contributed by atoms with Crippen molar-refractivity contribution >= 4 is 27.8 Å². The summed E-state index contributed by atoms with van der Waals surface area (Å²) in [5, 5.41) is 10.5. The molecule has 170 valence electrons. The van der Waals surface area contributed by atoms with Gasteiger partial charge < -0.3 is 14.4 Å². The molecule has 0 aliphatic carbocycles. The molecule has 5 rings (SSSR count). The summed E-state index contributed by atoms with van der Waals surface area (Å²) < 4.78 is 13.2. The standard InChI is InChI=1S/C24H24BrN5O3/c25-19-6-7-22(26-15-19)33-20-4-1-3-17(13-20)18-14-24(32-16-18)8-11-30(12-9-24)23(31)28-21-5-2-10-27-29-21/h1-7,10,13,15,18H,8-9,11-12,14,16H2,(H,28,29,31)/t18-/m1/s1. The monoisotopic (exact) mass is 509 g/mol. The second-order valence-corrected chi connectivity index (χ2v) is 9.33. The average molecular weight is 510 g/mol. The highest BCUT2D eigenvalue weighted by Gasteiger charge is 2.43. The topological polar surface area (TPSA) is 89.5 Å². The fourth-order valence-corrected chi connectivity index (χ4v) is 4.69. The smallest absolute Gasteiger partial charge is 0.323 e. The van der Waals surface area contributed by atoms with Gasteiger partial charge in [0.05, 0.1) is 12.2 Å². The zero-order valence-electron chi connectivity index (χ0n) is 18.0. The van der Waals surface area contributed by atoms with Crippen molar-refractivity contribution in [2.75, 3.05) is 25.0 Å². The van der Waals surface area contributed by atoms with Gasteiger partial charge in [0.25, 0.3) is 0 Å². The van der Waals surface area contributed by atoms with Crippen molar-refractivity contribution in [3.8, 4) is 11.6 Å². The fraction of sp³-hybridized carbons (Fsp3) is 0.333. The van der Waals surface area contributed by atoms with Crippen molar-refractivity contribution in [1.82, 2.24) is 20.1 Å². The van der Waals surface area contributed by atoms with E-state index in [9.17, 15) is 4.79 Å². The summed E-state index contributed by atoms with van der Waals surface area (Å²) in [5.41, 5.74) is 1.02. The van der Waals surface area contributed by atoms with Crippen LogP contribution in [0.25, 0.3) is 0 Å². The van der Waals surface area contributed by atoms with E-state index < -0.39 is 0 Å². The Balaban J connectivity index is 1.18. The van der Waals surface area contributed by atoms with Crippen molar-refractivity contribution in [3.05, 3.63) is 71.0 Å². The predicted octanol–water partition coefficient (Wildman–Crippen LogP) is 5.00. The van der Waals surface area contributed by atoms with Gasteiger partial charge in [0.15, 0.2) is 5.82 Å². The average Bonchev–Trinajstić information content (AvgIpc) is 3.25. The summed E-state index contributed by atoms with van der Waals surface area (Å²) in [6, 6.07) is 15.2. The number of hydrogen-bond donors (Lipinski definition) is 1. The van der Waals surface area contributed by atoms with Gasteiger partial charge in [-0.25, -0.2) is 9.78 Å². The molecule has 2 fully saturated rings. The Morgan fingerprint density at radius 3 is 2.82 bits per heavy atom. The van der Waals surface area contributed by atoms with E-state index in [0.717, 1.165) is 29.5 Å². The number of hydrogen-bond acceptors (Lipinski definition) is 6. The number of urea groups is 1. The summed E-state index contributed by atoms with van der Waals surface area (Å²) in [7, 11) is 0. The number of nitrogens with zero attached hydrogens (tertiary/aromatic N) is 4. The minimum atomic E-state index is -0.182. The normalized spacial score (nSPS) is 19.4. The van der Waals surface area contributed by atoms with Gasteiger partial charge >= 0.3 is 6.03 Å². The first-order valence-electron chi connectivity index (χ1n) is 11.0. The van der Waals surface area contributed by atoms with Crippen LogP contribution < -0.4 is 10.1 Å². The second kappa shape index (κ2) is 9.44. The van der Waals surface area contributed by atoms with E-state index >= 15 is 0 Å². The largest absolute Gasteiger partial charge is 0.439 e. The Morgan fingerprint density at radius 1 is 1.18 bits per heavy atom. The number of pyridine rings is 1. The number of amides is 2. The third-order valence-electron chi connectivity index (χ3n) is 6.23. The van der Waals surface area contributed by atoms with Gasteiger partial charge in [0.1, 0.15) is 5.75 Å². The molecule has 0 saturated carbocycles. The molecule has 33 heavy (non-hydrogen) atoms. The van der Waals surface area contributed by atoms with E-state index in [1.54, 1.807) is 24.5 Å². The quantitative estimate of drug-likeness (QED) is 0.532. The zero-order valence-corrected chi connectivity index (χ0v) is 19.6. The maximum Gasteiger partial charge on any atom is 0.323 e. The first-order chi connectivity index (χ1) is 16.1. The van der Waals surface area contributed by atoms with Crippen molar-refractivity contribution in [1.29, 1.82) is 0 Å². The van der Waals surface area contributed by atoms with Crippen LogP contribution in [0.15, 0.2) is 65.4 Å². The lowest BCUT2D eigenvalue weighted by Crippen LogP contribution is -2.47. The lowest BCUT2D eigenvalue weighted by atomic mass is 9.83. The number of rotatable bonds is 4. The third kappa shape index (κ3) is 5.15. The number of anilines is 1. The van der Waals surface area contributed by atoms with Gasteiger partial charge in [-0.05, 0) is 71.1 Å². The highest BCUT2D eigenvalue weighted by Crippen LogP contribution is 2.43. The van der Waals surface area contributed by atoms with Crippen LogP contribution >= 0.6 is 15.9 Å². The first-order valence-corrected chi connectivity index (χ1v) is 11.7. The maximum atomic E-state index is 12.5. The highest BCUT2D eigenvalue weighted by atomic mass is 79.9. The van der Waals surface area contributed by atoms with Crippen LogP contribution in [0.3, 0.4) is 0 Å². The number of ether oxygens (including phenoxy) is 2. The predicted molar refractivity (Wildman–Crippen MR) is 126 cm³/mol. The van der Waals surface area contributed by atoms with Crippen molar-refractivity contribution in [2.45, 2.75) is 30.8 Å². The number of benzene rings is 1. The molecule has 1 spiro atoms. The lowest BCUT2D eigenvalue weighted by Gasteiger charge is -2.38. The number of piperidine rings is 1. The van der Waals surface area contributed by atoms with Crippen LogP contribution in [0.1, 0.15) is 30.7 Å². The maximum absolute atomic E-state index is 12.5. The van der Waals surface area contributed by atoms with Crippen LogP contribution in [0.5, 0.6) is 11.6 Å². The van der Waals surface area contributed by atoms with Gasteiger partial charge in [-0.2, -0.15) is 5.10 Å². The Morgan fingerprint density at radius 2 is 2.06 bits per heavy atom. The number of nitrogens with one attached hydrogen (secondary N) is 1. The number of carbonyl (C=O) groups is 1. The first kappa shape index (κ1) is 21.8. The zero-order chi connectivity index (χ0) is 22.7. The summed E-state index contributed by atoms with van der Waals surface area (Å²) >= 11 is 3.39. The van der Waals surface area contributed by atoms with Crippen molar-refractivity contribution in [2.24, 2.45) is 0 Å². The number of likely N-dealkylation sites (tertiary alicyclic amines) is 1. The van der Waals surface area contributed by atoms with Crippen LogP contribution in [0, 0.1) is 0 Å². The molecule has 0 radical (unpaired) electrons. The minimum Gasteiger partial charge on any atom is -0.439 e. The Labute approximate surface area is 200 Å². The summed E-state index contributed by atoms with van der Waals surface area (Å²) in [6.45, 7) is 1.97. The van der Waals surface area contributed by atoms with E-state index in [0.29, 0.717) is 37.3 Å². The van der Waals surface area contributed by atoms with E-state index in [2.05, 4.69) is 48.6 Å². The highest BCUT2D eigenvalue weighted by molar-refractivity contribution is 9.10. The Bertz CT molecular complexity index is 1100. The van der Waals surface area contributed by atoms with Gasteiger partial charge in [-0.3, -0.25) is 5.32 Å². The molecule has 9 heteroatoms. The summed E-state index contributed by atoms with van der Waals surface area (Å²) in [6.07, 6.45) is 5.86. The van der Waals surface area contributed by atoms with Crippen LogP contribution in [0.2, 0.25) is 0 Å². The molecular formula is C24H24BrN5O3. The molecule has 4 heterocycles. The Hall–Kier alpha value is -3.04. The number of aromatic nitrogens is 3. The molecule has 8 nitrogen and oxygen atoms in total. The molecular weight excluding hydrogens is 486 g/mol. The molecule has 2 aliphatic heterocycles. The minimum absolute atomic E-state index is 0.147. The van der Waals surface area contributed by atoms with Gasteiger partial charge in [0, 0.05) is 41.9 Å². The van der Waals surface area contributed by atoms with Gasteiger partial charge in [-0.15, -0.1) is 5.10 Å². The molecule has 0 unspecified atom stereocenters. The molecule has 2 aromatic heterocycles. The molecule has 3 aromatic rings. The van der Waals surface area contributed by atoms with Gasteiger partial charge in [-0.1, -0.05) is 12.1 Å². The number of halogens is 1. The molecule has 1 N–H and O–H groups in total. The molecule has 2 amide bonds. The van der Waals surface area contributed by atoms with E-state index in [-0.39, 0.29) is 11.6 Å². The molecule has 1 aromatic carbocycles. The van der Waals surface area contributed by atoms with Gasteiger partial charge in [0.2, 0.25) is 5.88 Å². The SMILES string of the molecule is O=C(Nc1cccnn1)N1CCC2(CC1)C[C@@H](c1cccc(Oc3ccc(Br)cn3)c1)CO2. The lowest BCUT2D eigenvalue weighted by molar-refractivity contribution is -0.0355. The van der Waals surface area contributed by atoms with Crippen molar-refractivity contribution in [3.63, 3.8) is 0 Å². The van der Waals surface area contributed by atoms with Crippen LogP contribution in [-0.2, 0) is 4.74 Å². The van der Waals surface area contributed by atoms with Crippen LogP contribution in [0.4, 0.5) is 10.6 Å². The van der Waals surface area contributed by atoms with E-state index in [1.165, 1.54) is 5.56 Å². The number of carbonyl (C=O) groups excluding carboxylic acids is 1. The summed E-state index contributed by atoms with van der Waals surface area (Å²) in [4.78, 5) is 18.6. The molecule has 0 bridgehead atoms. The second-order valence-electron chi connectivity index (χ2n) is 8.41. The summed E-state index contributed by atoms with van der Waals surface area (Å²) in [5.74, 6) is 2.08. The van der Waals surface area contributed by atoms with Crippen molar-refractivity contribution < 1.29 is 14.3 Å². The fourth-order valence-electron chi connectivity index (χ4n) is 4.46. The van der Waals surface area contributed by atoms with Crippen LogP contribution in [-0.4, -0.2) is 51.4 Å². The Kier molecular flexibility index (Phi) is 6.24. The van der Waals surface area contributed by atoms with E-state index in [1.807, 2.05) is 29.2 Å².